The van der Waals surface area contributed by atoms with E-state index in [0.717, 1.165) is 12.7 Å². The first-order valence-corrected chi connectivity index (χ1v) is 8.64. The molecule has 0 aromatic heterocycles. The minimum absolute atomic E-state index is 0.550. The number of hydrogen-bond donors (Lipinski definition) is 0. The predicted octanol–water partition coefficient (Wildman–Crippen LogP) is 1.99. The molecule has 0 amide bonds. The lowest BCUT2D eigenvalue weighted by Gasteiger charge is -2.31. The van der Waals surface area contributed by atoms with Gasteiger partial charge in [0.15, 0.2) is 9.76 Å². The van der Waals surface area contributed by atoms with Crippen LogP contribution in [0.1, 0.15) is 26.7 Å². The van der Waals surface area contributed by atoms with Crippen LogP contribution in [-0.4, -0.2) is 24.9 Å². The average molecular weight is 228 g/mol. The van der Waals surface area contributed by atoms with Crippen molar-refractivity contribution in [1.29, 1.82) is 0 Å². The summed E-state index contributed by atoms with van der Waals surface area (Å²) in [4.78, 5) is 0. The molecule has 80 valence electrons. The summed E-state index contributed by atoms with van der Waals surface area (Å²) in [7, 11) is -2.50. The Morgan fingerprint density at radius 2 is 2.36 bits per heavy atom. The van der Waals surface area contributed by atoms with Gasteiger partial charge < -0.3 is 8.54 Å². The van der Waals surface area contributed by atoms with Gasteiger partial charge in [-0.25, -0.2) is 0 Å². The molecule has 0 N–H and O–H groups in total. The van der Waals surface area contributed by atoms with Crippen LogP contribution in [0.3, 0.4) is 0 Å². The molecule has 1 saturated heterocycles. The van der Waals surface area contributed by atoms with Crippen LogP contribution in [0.5, 0.6) is 0 Å². The SMILES string of the molecule is C=C[Si]1(O[SiH2]C(C)=CC)CCCCO1. The van der Waals surface area contributed by atoms with Crippen molar-refractivity contribution in [3.63, 3.8) is 0 Å². The maximum Gasteiger partial charge on any atom is 0.354 e. The first kappa shape index (κ1) is 11.9. The van der Waals surface area contributed by atoms with Crippen molar-refractivity contribution < 1.29 is 8.54 Å². The molecule has 1 fully saturated rings. The number of rotatable bonds is 4. The third-order valence-electron chi connectivity index (χ3n) is 2.61. The lowest BCUT2D eigenvalue weighted by molar-refractivity contribution is 0.222. The molecule has 1 atom stereocenters. The third kappa shape index (κ3) is 3.20. The summed E-state index contributed by atoms with van der Waals surface area (Å²) < 4.78 is 11.9. The molecule has 1 unspecified atom stereocenters. The van der Waals surface area contributed by atoms with E-state index in [2.05, 4.69) is 26.5 Å². The summed E-state index contributed by atoms with van der Waals surface area (Å²) in [6.45, 7) is 8.94. The van der Waals surface area contributed by atoms with Gasteiger partial charge in [-0.3, -0.25) is 0 Å². The van der Waals surface area contributed by atoms with Crippen molar-refractivity contribution in [3.05, 3.63) is 23.6 Å². The van der Waals surface area contributed by atoms with E-state index in [-0.39, 0.29) is 0 Å². The predicted molar refractivity (Wildman–Crippen MR) is 65.0 cm³/mol. The quantitative estimate of drug-likeness (QED) is 0.685. The van der Waals surface area contributed by atoms with E-state index in [1.807, 2.05) is 5.70 Å². The van der Waals surface area contributed by atoms with Crippen LogP contribution in [0.15, 0.2) is 23.6 Å². The van der Waals surface area contributed by atoms with Gasteiger partial charge in [0.25, 0.3) is 0 Å². The van der Waals surface area contributed by atoms with Gasteiger partial charge in [-0.2, -0.15) is 0 Å². The molecule has 0 aliphatic carbocycles. The van der Waals surface area contributed by atoms with Crippen LogP contribution < -0.4 is 0 Å². The normalized spacial score (nSPS) is 29.7. The van der Waals surface area contributed by atoms with Crippen molar-refractivity contribution in [3.8, 4) is 0 Å². The molecular weight excluding hydrogens is 208 g/mol. The maximum atomic E-state index is 6.04. The highest BCUT2D eigenvalue weighted by Crippen LogP contribution is 2.23. The van der Waals surface area contributed by atoms with Crippen LogP contribution in [0.2, 0.25) is 6.04 Å². The van der Waals surface area contributed by atoms with E-state index >= 15 is 0 Å². The highest BCUT2D eigenvalue weighted by Gasteiger charge is 2.35. The monoisotopic (exact) mass is 228 g/mol. The van der Waals surface area contributed by atoms with E-state index in [1.165, 1.54) is 18.0 Å². The second-order valence-electron chi connectivity index (χ2n) is 3.75. The standard InChI is InChI=1S/C10H20O2Si2/c1-4-10(3)13-12-14(5-2)9-7-6-8-11-14/h4-5H,2,6-9,13H2,1,3H3. The second kappa shape index (κ2) is 5.65. The van der Waals surface area contributed by atoms with Crippen molar-refractivity contribution in [2.24, 2.45) is 0 Å². The zero-order valence-electron chi connectivity index (χ0n) is 9.21. The Morgan fingerprint density at radius 1 is 1.57 bits per heavy atom. The Morgan fingerprint density at radius 3 is 2.86 bits per heavy atom. The molecular formula is C10H20O2Si2. The minimum Gasteiger partial charge on any atom is -0.434 e. The minimum atomic E-state index is -1.95. The molecule has 0 aromatic carbocycles. The zero-order valence-corrected chi connectivity index (χ0v) is 11.6. The molecule has 4 heteroatoms. The van der Waals surface area contributed by atoms with Crippen molar-refractivity contribution >= 4 is 18.3 Å². The Hall–Kier alpha value is -0.166. The average Bonchev–Trinajstić information content (AvgIpc) is 2.27. The summed E-state index contributed by atoms with van der Waals surface area (Å²) in [5, 5.41) is 1.40. The summed E-state index contributed by atoms with van der Waals surface area (Å²) in [5.41, 5.74) is 1.96. The van der Waals surface area contributed by atoms with Crippen molar-refractivity contribution in [1.82, 2.24) is 0 Å². The molecule has 14 heavy (non-hydrogen) atoms. The van der Waals surface area contributed by atoms with Gasteiger partial charge in [0, 0.05) is 6.61 Å². The molecule has 0 aromatic rings. The highest BCUT2D eigenvalue weighted by atomic mass is 28.4. The summed E-state index contributed by atoms with van der Waals surface area (Å²) in [6.07, 6.45) is 4.55. The van der Waals surface area contributed by atoms with E-state index in [4.69, 9.17) is 8.54 Å². The molecule has 0 spiro atoms. The lowest BCUT2D eigenvalue weighted by atomic mass is 10.4. The molecule has 0 radical (unpaired) electrons. The van der Waals surface area contributed by atoms with E-state index in [1.54, 1.807) is 0 Å². The molecule has 2 nitrogen and oxygen atoms in total. The first-order valence-electron chi connectivity index (χ1n) is 5.26. The van der Waals surface area contributed by atoms with Crippen LogP contribution >= 0.6 is 0 Å². The lowest BCUT2D eigenvalue weighted by Crippen LogP contribution is -2.44. The van der Waals surface area contributed by atoms with Crippen LogP contribution in [-0.2, 0) is 8.54 Å². The van der Waals surface area contributed by atoms with Gasteiger partial charge in [0.2, 0.25) is 0 Å². The summed E-state index contributed by atoms with van der Waals surface area (Å²) >= 11 is 0. The van der Waals surface area contributed by atoms with E-state index in [0.29, 0.717) is 0 Å². The molecule has 0 bridgehead atoms. The third-order valence-corrected chi connectivity index (χ3v) is 8.37. The molecule has 1 aliphatic rings. The number of allylic oxidation sites excluding steroid dienone is 2. The smallest absolute Gasteiger partial charge is 0.354 e. The topological polar surface area (TPSA) is 18.5 Å². The Kier molecular flexibility index (Phi) is 4.81. The van der Waals surface area contributed by atoms with E-state index < -0.39 is 18.3 Å². The van der Waals surface area contributed by atoms with Gasteiger partial charge in [0.05, 0.1) is 0 Å². The van der Waals surface area contributed by atoms with E-state index in [9.17, 15) is 0 Å². The maximum absolute atomic E-state index is 6.04. The van der Waals surface area contributed by atoms with Crippen molar-refractivity contribution in [2.75, 3.05) is 6.61 Å². The van der Waals surface area contributed by atoms with Crippen LogP contribution in [0.4, 0.5) is 0 Å². The fraction of sp³-hybridized carbons (Fsp3) is 0.600. The first-order chi connectivity index (χ1) is 6.72. The fourth-order valence-corrected chi connectivity index (χ4v) is 6.58. The van der Waals surface area contributed by atoms with Gasteiger partial charge in [0.1, 0.15) is 0 Å². The van der Waals surface area contributed by atoms with Gasteiger partial charge >= 0.3 is 8.56 Å². The van der Waals surface area contributed by atoms with Crippen LogP contribution in [0.25, 0.3) is 0 Å². The van der Waals surface area contributed by atoms with Crippen LogP contribution in [0, 0.1) is 0 Å². The Balaban J connectivity index is 2.48. The zero-order chi connectivity index (χ0) is 10.4. The molecule has 1 rings (SSSR count). The largest absolute Gasteiger partial charge is 0.434 e. The Bertz CT molecular complexity index is 220. The summed E-state index contributed by atoms with van der Waals surface area (Å²) in [6, 6.07) is 1.10. The van der Waals surface area contributed by atoms with Crippen molar-refractivity contribution in [2.45, 2.75) is 32.7 Å². The molecule has 1 aliphatic heterocycles. The van der Waals surface area contributed by atoms with Gasteiger partial charge in [-0.05, 0) is 32.7 Å². The summed E-state index contributed by atoms with van der Waals surface area (Å²) in [5.74, 6) is 0. The second-order valence-corrected chi connectivity index (χ2v) is 9.12. The molecule has 1 heterocycles. The molecule has 0 saturated carbocycles. The fourth-order valence-electron chi connectivity index (χ4n) is 1.44. The van der Waals surface area contributed by atoms with Gasteiger partial charge in [-0.1, -0.05) is 17.0 Å². The highest BCUT2D eigenvalue weighted by molar-refractivity contribution is 6.77. The number of hydrogen-bond acceptors (Lipinski definition) is 2. The van der Waals surface area contributed by atoms with Gasteiger partial charge in [-0.15, -0.1) is 6.58 Å². The Labute approximate surface area is 90.2 Å².